The molecule has 1 aromatic carbocycles. The lowest BCUT2D eigenvalue weighted by molar-refractivity contribution is -0.148. The lowest BCUT2D eigenvalue weighted by atomic mass is 9.99. The molecule has 17 atom stereocenters. The topological polar surface area (TPSA) is 893 Å². The summed E-state index contributed by atoms with van der Waals surface area (Å²) in [6.45, 7) is 5.47. The molecule has 3 aliphatic rings. The predicted octanol–water partition coefficient (Wildman–Crippen LogP) is -11.0. The van der Waals surface area contributed by atoms with Crippen molar-refractivity contribution in [2.75, 3.05) is 65.6 Å². The number of phenols is 1. The number of primary amides is 1. The number of amides is 20. The first-order chi connectivity index (χ1) is 67.8. The van der Waals surface area contributed by atoms with Crippen molar-refractivity contribution >= 4 is 148 Å². The molecule has 56 nitrogen and oxygen atoms in total. The first-order valence-corrected chi connectivity index (χ1v) is 47.2. The molecule has 33 N–H and O–H groups in total. The van der Waals surface area contributed by atoms with Crippen LogP contribution in [0.3, 0.4) is 0 Å². The van der Waals surface area contributed by atoms with Crippen LogP contribution in [0.4, 0.5) is 0 Å². The number of aliphatic hydroxyl groups is 2. The van der Waals surface area contributed by atoms with Gasteiger partial charge >= 0.3 is 23.9 Å². The molecule has 20 amide bonds. The number of unbranched alkanes of at least 4 members (excludes halogenated alkanes) is 1. The summed E-state index contributed by atoms with van der Waals surface area (Å²) in [7, 11) is 0. The SMILES string of the molecule is CC(C)C[C@H](NC(=O)[C@@H](N)CC(C)C)C(=O)N[C@@H](Cc1ccc(O)cc1)C(=O)NCC(=O)N[C@@H](CC(=O)O)C(=O)N[C@@H](C)C(=O)N[C@@H](CCC(=O)O)C(=O)N[C@@H](CCCCN)C(=O)N1CCC[C@H]1C(=O)N[C@@H](C)C(=O)N[C@@H](CCC(=O)O)C(=O)N[C@@H](CO)C(=O)NCC(=O)NCC(=O)N[C@@H](CO)C(=O)N[C@@H](CCC(N)=O)C(=O)N1CCC[C@H]1C(=O)N1CCC[C@H]1C(=O)N[C@@H](CCCNC(=N)N)C(=O)N[C@@H](C)C(=O)O. The van der Waals surface area contributed by atoms with E-state index < -0.39 is 323 Å². The third-order valence-corrected chi connectivity index (χ3v) is 23.1. The number of aliphatic hydroxyl groups excluding tert-OH is 2. The number of phenolic OH excluding ortho intramolecular Hbond substituents is 1. The fourth-order valence-corrected chi connectivity index (χ4v) is 15.5. The Kier molecular flexibility index (Phi) is 51.8. The fourth-order valence-electron chi connectivity index (χ4n) is 15.5. The standard InChI is InChI=1S/C88H139N25O31/c1-43(2)34-50(90)73(129)108-56(35-44(3)4)80(136)109-57(36-48-19-21-49(116)22-20-48)74(130)97-40-67(120)101-58(37-70(125)126)79(135)98-45(5)71(127)103-52(24-27-68(121)122)77(133)106-54(14-8-9-29-89)84(140)111-31-11-16-61(111)82(138)99-46(6)72(128)104-53(25-28-69(123)124)78(134)110-59(41-114)75(131)96-38-65(118)95-39-66(119)102-60(42-115)81(137)107-55(23-26-64(91)117)85(141)113-33-13-18-63(113)86(142)112-32-12-17-62(112)83(139)105-51(15-10-30-94-88(92)93)76(132)100-47(7)87(143)144/h19-22,43-47,50-63,114-116H,8-18,23-42,89-90H2,1-7H3,(H2,91,117)(H,95,118)(H,96,131)(H,97,130)(H,98,135)(H,99,138)(H,100,132)(H,101,120)(H,102,119)(H,103,127)(H,104,128)(H,105,139)(H,106,133)(H,107,137)(H,108,129)(H,109,136)(H,110,134)(H,121,122)(H,123,124)(H,125,126)(H,143,144)(H4,92,93,94)/t45-,46-,47-,50-,51-,52-,53-,54-,55-,56-,57-,58-,59-,60-,61-,62-,63-/m0/s1. The van der Waals surface area contributed by atoms with Crippen LogP contribution < -0.4 is 113 Å². The van der Waals surface area contributed by atoms with E-state index in [0.717, 1.165) is 23.6 Å². The van der Waals surface area contributed by atoms with Crippen molar-refractivity contribution in [1.29, 1.82) is 5.41 Å². The molecule has 0 aliphatic carbocycles. The number of guanidine groups is 1. The van der Waals surface area contributed by atoms with E-state index in [9.17, 15) is 151 Å². The smallest absolute Gasteiger partial charge is 0.325 e. The Morgan fingerprint density at radius 2 is 0.792 bits per heavy atom. The molecule has 0 aromatic heterocycles. The Morgan fingerprint density at radius 3 is 1.31 bits per heavy atom. The van der Waals surface area contributed by atoms with Crippen molar-refractivity contribution < 1.29 is 151 Å². The quantitative estimate of drug-likeness (QED) is 0.0164. The van der Waals surface area contributed by atoms with Crippen molar-refractivity contribution in [2.45, 2.75) is 286 Å². The maximum absolute atomic E-state index is 14.6. The van der Waals surface area contributed by atoms with Gasteiger partial charge in [-0.2, -0.15) is 0 Å². The second-order valence-corrected chi connectivity index (χ2v) is 35.9. The number of carboxylic acids is 4. The molecule has 1 aromatic rings. The van der Waals surface area contributed by atoms with Gasteiger partial charge in [-0.25, -0.2) is 0 Å². The van der Waals surface area contributed by atoms with Crippen molar-refractivity contribution in [3.8, 4) is 5.75 Å². The molecule has 0 bridgehead atoms. The van der Waals surface area contributed by atoms with Gasteiger partial charge in [-0.05, 0) is 160 Å². The lowest BCUT2D eigenvalue weighted by Gasteiger charge is -2.33. The third kappa shape index (κ3) is 42.3. The maximum Gasteiger partial charge on any atom is 0.325 e. The Hall–Kier alpha value is -14.6. The van der Waals surface area contributed by atoms with Crippen LogP contribution in [0.15, 0.2) is 24.3 Å². The van der Waals surface area contributed by atoms with Gasteiger partial charge in [0.25, 0.3) is 0 Å². The number of likely N-dealkylation sites (tertiary alicyclic amines) is 3. The molecule has 802 valence electrons. The van der Waals surface area contributed by atoms with E-state index in [0.29, 0.717) is 18.4 Å². The van der Waals surface area contributed by atoms with Gasteiger partial charge in [-0.3, -0.25) is 120 Å². The highest BCUT2D eigenvalue weighted by atomic mass is 16.4. The van der Waals surface area contributed by atoms with Crippen LogP contribution in [0.1, 0.15) is 182 Å². The number of carbonyl (C=O) groups is 24. The molecule has 0 spiro atoms. The van der Waals surface area contributed by atoms with E-state index in [2.05, 4.69) is 90.4 Å². The summed E-state index contributed by atoms with van der Waals surface area (Å²) in [6.07, 6.45) is -3.65. The average Bonchev–Trinajstić information content (AvgIpc) is 1.64. The number of nitrogens with zero attached hydrogens (tertiary/aromatic N) is 3. The Morgan fingerprint density at radius 1 is 0.389 bits per heavy atom. The summed E-state index contributed by atoms with van der Waals surface area (Å²) in [5.74, 6) is -26.9. The molecule has 0 unspecified atom stereocenters. The van der Waals surface area contributed by atoms with Gasteiger partial charge in [0.2, 0.25) is 118 Å². The Labute approximate surface area is 827 Å². The largest absolute Gasteiger partial charge is 0.508 e. The van der Waals surface area contributed by atoms with E-state index in [4.69, 9.17) is 28.3 Å². The summed E-state index contributed by atoms with van der Waals surface area (Å²) >= 11 is 0. The number of carboxylic acid groups (broad SMARTS) is 4. The Balaban J connectivity index is 1.37. The highest BCUT2D eigenvalue weighted by Crippen LogP contribution is 2.28. The van der Waals surface area contributed by atoms with Gasteiger partial charge in [-0.15, -0.1) is 0 Å². The highest BCUT2D eigenvalue weighted by Gasteiger charge is 2.47. The predicted molar refractivity (Wildman–Crippen MR) is 502 cm³/mol. The summed E-state index contributed by atoms with van der Waals surface area (Å²) in [5, 5.41) is 116. The number of aliphatic carboxylic acids is 4. The number of aromatic hydroxyl groups is 1. The molecule has 0 saturated carbocycles. The van der Waals surface area contributed by atoms with Crippen LogP contribution in [0, 0.1) is 17.2 Å². The van der Waals surface area contributed by atoms with Gasteiger partial charge in [0, 0.05) is 51.9 Å². The minimum absolute atomic E-state index is 0.0273. The summed E-state index contributed by atoms with van der Waals surface area (Å²) in [5.41, 5.74) is 23.0. The zero-order valence-corrected chi connectivity index (χ0v) is 81.3. The second-order valence-electron chi connectivity index (χ2n) is 35.9. The van der Waals surface area contributed by atoms with Gasteiger partial charge in [-0.1, -0.05) is 39.8 Å². The number of hydrogen-bond donors (Lipinski definition) is 29. The van der Waals surface area contributed by atoms with E-state index >= 15 is 0 Å². The van der Waals surface area contributed by atoms with E-state index in [-0.39, 0.29) is 133 Å². The molecule has 3 fully saturated rings. The van der Waals surface area contributed by atoms with Crippen molar-refractivity contribution in [1.82, 2.24) is 105 Å². The zero-order chi connectivity index (χ0) is 108. The molecule has 3 saturated heterocycles. The molecule has 4 rings (SSSR count). The van der Waals surface area contributed by atoms with Crippen LogP contribution in [-0.2, 0) is 121 Å². The number of rotatable bonds is 63. The molecule has 144 heavy (non-hydrogen) atoms. The van der Waals surface area contributed by atoms with E-state index in [1.54, 1.807) is 13.8 Å². The minimum Gasteiger partial charge on any atom is -0.508 e. The first-order valence-electron chi connectivity index (χ1n) is 47.2. The number of hydrogen-bond acceptors (Lipinski definition) is 30. The number of carbonyl (C=O) groups excluding carboxylic acids is 20. The minimum atomic E-state index is -1.97. The highest BCUT2D eigenvalue weighted by molar-refractivity contribution is 6.02. The van der Waals surface area contributed by atoms with E-state index in [1.807, 2.05) is 13.8 Å². The number of nitrogens with one attached hydrogen (secondary N) is 18. The van der Waals surface area contributed by atoms with Crippen molar-refractivity contribution in [3.05, 3.63) is 29.8 Å². The molecule has 3 aliphatic heterocycles. The van der Waals surface area contributed by atoms with Crippen LogP contribution in [0.25, 0.3) is 0 Å². The maximum atomic E-state index is 14.6. The van der Waals surface area contributed by atoms with Crippen LogP contribution in [0.2, 0.25) is 0 Å². The van der Waals surface area contributed by atoms with Crippen molar-refractivity contribution in [2.24, 2.45) is 34.8 Å². The number of nitrogens with two attached hydrogens (primary N) is 4. The summed E-state index contributed by atoms with van der Waals surface area (Å²) < 4.78 is 0. The molecule has 0 radical (unpaired) electrons. The lowest BCUT2D eigenvalue weighted by Crippen LogP contribution is -2.60. The summed E-state index contributed by atoms with van der Waals surface area (Å²) in [4.78, 5) is 325. The van der Waals surface area contributed by atoms with Gasteiger partial charge in [0.05, 0.1) is 45.3 Å². The van der Waals surface area contributed by atoms with Crippen LogP contribution in [0.5, 0.6) is 5.75 Å². The van der Waals surface area contributed by atoms with Crippen molar-refractivity contribution in [3.63, 3.8) is 0 Å². The third-order valence-electron chi connectivity index (χ3n) is 23.1. The van der Waals surface area contributed by atoms with Gasteiger partial charge < -0.3 is 164 Å². The van der Waals surface area contributed by atoms with Gasteiger partial charge in [0.1, 0.15) is 102 Å². The fraction of sp³-hybridized carbons (Fsp3) is 0.648. The van der Waals surface area contributed by atoms with Crippen LogP contribution >= 0.6 is 0 Å². The zero-order valence-electron chi connectivity index (χ0n) is 81.3. The second kappa shape index (κ2) is 61.3. The van der Waals surface area contributed by atoms with Crippen LogP contribution in [-0.4, -0.2) is 367 Å². The number of benzene rings is 1. The molecular formula is C88H139N25O31. The van der Waals surface area contributed by atoms with E-state index in [1.165, 1.54) is 36.1 Å². The first kappa shape index (κ1) is 122. The molecular weight excluding hydrogens is 1900 g/mol. The van der Waals surface area contributed by atoms with Gasteiger partial charge in [0.15, 0.2) is 5.96 Å². The molecule has 56 heteroatoms. The average molecular weight is 2040 g/mol. The summed E-state index contributed by atoms with van der Waals surface area (Å²) in [6, 6.07) is -20.4. The monoisotopic (exact) mass is 2040 g/mol. The molecule has 3 heterocycles. The Bertz CT molecular complexity index is 4720. The normalized spacial score (nSPS) is 17.2.